The van der Waals surface area contributed by atoms with Crippen LogP contribution < -0.4 is 21.3 Å². The molecule has 3 fully saturated rings. The smallest absolute Gasteiger partial charge is 0.234 e. The third-order valence-electron chi connectivity index (χ3n) is 7.36. The summed E-state index contributed by atoms with van der Waals surface area (Å²) in [5, 5.41) is 21.1. The second-order valence-electron chi connectivity index (χ2n) is 11.2. The van der Waals surface area contributed by atoms with Crippen molar-refractivity contribution in [3.05, 3.63) is 0 Å². The Balaban J connectivity index is 1.47. The molecule has 0 radical (unpaired) electrons. The maximum atomic E-state index is 12.7. The minimum Gasteiger partial charge on any atom is -0.388 e. The molecule has 17 heteroatoms. The van der Waals surface area contributed by atoms with E-state index >= 15 is 0 Å². The summed E-state index contributed by atoms with van der Waals surface area (Å²) in [4.78, 5) is 50.6. The number of ether oxygens (including phenoxy) is 7. The number of aliphatic hydroxyl groups is 1. The van der Waals surface area contributed by atoms with E-state index in [0.717, 1.165) is 6.42 Å². The van der Waals surface area contributed by atoms with Crippen LogP contribution in [0.2, 0.25) is 0 Å². The Morgan fingerprint density at radius 1 is 0.870 bits per heavy atom. The van der Waals surface area contributed by atoms with E-state index < -0.39 is 37.0 Å². The quantitative estimate of drug-likeness (QED) is 0.147. The standard InChI is InChI=1S/C29H51N5O12/c1-20-3-5-22-29(44-20)43-14-10-33-26(39)19-34(17-24(37)31-8-12-41-16-15-40-11-7-23(36)30-2)18-25(38)32-9-13-42-28-21(35)4-6-27(45-22)46-28/h20-22,27-29,35H,3-19H2,1-2H3,(H,30,36)(H,31,37)(H,32,38)(H,33,39)/t20-,21-,22-,27+,28+,29+/m0/s1. The van der Waals surface area contributed by atoms with Gasteiger partial charge in [0.1, 0.15) is 12.2 Å². The Morgan fingerprint density at radius 3 is 2.24 bits per heavy atom. The van der Waals surface area contributed by atoms with Gasteiger partial charge in [0.25, 0.3) is 0 Å². The van der Waals surface area contributed by atoms with Crippen molar-refractivity contribution in [1.82, 2.24) is 26.2 Å². The average molecular weight is 662 g/mol. The molecule has 3 rings (SSSR count). The third-order valence-corrected chi connectivity index (χ3v) is 7.36. The van der Waals surface area contributed by atoms with E-state index in [1.54, 1.807) is 7.05 Å². The molecule has 3 saturated heterocycles. The van der Waals surface area contributed by atoms with Crippen LogP contribution in [-0.2, 0) is 52.3 Å². The van der Waals surface area contributed by atoms with Gasteiger partial charge in [-0.05, 0) is 26.2 Å². The van der Waals surface area contributed by atoms with Gasteiger partial charge in [-0.25, -0.2) is 0 Å². The fraction of sp³-hybridized carbons (Fsp3) is 0.862. The highest BCUT2D eigenvalue weighted by Crippen LogP contribution is 2.28. The van der Waals surface area contributed by atoms with Gasteiger partial charge < -0.3 is 59.5 Å². The molecule has 0 spiro atoms. The summed E-state index contributed by atoms with van der Waals surface area (Å²) < 4.78 is 40.3. The lowest BCUT2D eigenvalue weighted by atomic mass is 10.1. The summed E-state index contributed by atoms with van der Waals surface area (Å²) in [5.41, 5.74) is 0. The first kappa shape index (κ1) is 38.0. The van der Waals surface area contributed by atoms with E-state index in [4.69, 9.17) is 33.2 Å². The fourth-order valence-corrected chi connectivity index (χ4v) is 4.95. The number of fused-ring (bicyclic) bond motifs is 3. The van der Waals surface area contributed by atoms with Crippen molar-refractivity contribution in [2.24, 2.45) is 0 Å². The normalized spacial score (nSPS) is 29.2. The van der Waals surface area contributed by atoms with Crippen molar-refractivity contribution in [2.45, 2.75) is 76.2 Å². The molecule has 0 aromatic heterocycles. The Labute approximate surface area is 269 Å². The molecular weight excluding hydrogens is 610 g/mol. The Morgan fingerprint density at radius 2 is 1.54 bits per heavy atom. The summed E-state index contributed by atoms with van der Waals surface area (Å²) in [6, 6.07) is 0. The largest absolute Gasteiger partial charge is 0.388 e. The predicted molar refractivity (Wildman–Crippen MR) is 160 cm³/mol. The molecule has 4 amide bonds. The summed E-state index contributed by atoms with van der Waals surface area (Å²) >= 11 is 0. The molecule has 0 unspecified atom stereocenters. The molecule has 3 aliphatic rings. The van der Waals surface area contributed by atoms with Gasteiger partial charge in [0, 0.05) is 39.5 Å². The molecule has 6 atom stereocenters. The Hall–Kier alpha value is -2.48. The Kier molecular flexibility index (Phi) is 17.7. The van der Waals surface area contributed by atoms with Gasteiger partial charge in [0.15, 0.2) is 18.9 Å². The zero-order chi connectivity index (χ0) is 33.1. The molecule has 264 valence electrons. The first-order valence-electron chi connectivity index (χ1n) is 16.0. The van der Waals surface area contributed by atoms with Gasteiger partial charge in [-0.1, -0.05) is 0 Å². The van der Waals surface area contributed by atoms with Gasteiger partial charge in [0.2, 0.25) is 23.6 Å². The monoisotopic (exact) mass is 661 g/mol. The van der Waals surface area contributed by atoms with Crippen molar-refractivity contribution < 1.29 is 57.4 Å². The SMILES string of the molecule is CNC(=O)CCOCCOCCNC(=O)CN1CC(=O)NCCO[C@@H]2O[C@@H](C)CC[C@@H]2O[C@H]2CC[C@H](O)[C@H](OCCNC(=O)C1)O2. The number of amides is 4. The van der Waals surface area contributed by atoms with Crippen molar-refractivity contribution >= 4 is 23.6 Å². The molecular formula is C29H51N5O12. The minimum absolute atomic E-state index is 0.0251. The lowest BCUT2D eigenvalue weighted by Gasteiger charge is -2.39. The number of carbonyl (C=O) groups is 4. The summed E-state index contributed by atoms with van der Waals surface area (Å²) in [7, 11) is 1.56. The predicted octanol–water partition coefficient (Wildman–Crippen LogP) is -2.41. The number of carbonyl (C=O) groups excluding carboxylic acids is 4. The first-order chi connectivity index (χ1) is 22.2. The number of hydrogen-bond acceptors (Lipinski definition) is 13. The van der Waals surface area contributed by atoms with E-state index in [1.807, 2.05) is 6.92 Å². The molecule has 5 N–H and O–H groups in total. The van der Waals surface area contributed by atoms with Crippen molar-refractivity contribution in [3.63, 3.8) is 0 Å². The topological polar surface area (TPSA) is 204 Å². The van der Waals surface area contributed by atoms with Crippen LogP contribution in [0.25, 0.3) is 0 Å². The van der Waals surface area contributed by atoms with Gasteiger partial charge in [-0.3, -0.25) is 24.1 Å². The lowest BCUT2D eigenvalue weighted by Crippen LogP contribution is -2.48. The molecule has 0 saturated carbocycles. The maximum Gasteiger partial charge on any atom is 0.234 e. The number of nitrogens with one attached hydrogen (secondary N) is 4. The number of aliphatic hydroxyl groups excluding tert-OH is 1. The second kappa shape index (κ2) is 21.4. The Bertz CT molecular complexity index is 946. The summed E-state index contributed by atoms with van der Waals surface area (Å²) in [6.07, 6.45) is -0.845. The average Bonchev–Trinajstić information content (AvgIpc) is 3.02. The minimum atomic E-state index is -0.923. The summed E-state index contributed by atoms with van der Waals surface area (Å²) in [5.74, 6) is -1.28. The van der Waals surface area contributed by atoms with Crippen LogP contribution in [0.1, 0.15) is 39.0 Å². The molecule has 0 aliphatic carbocycles. The van der Waals surface area contributed by atoms with Crippen molar-refractivity contribution in [2.75, 3.05) is 86.0 Å². The van der Waals surface area contributed by atoms with E-state index in [1.165, 1.54) is 4.90 Å². The lowest BCUT2D eigenvalue weighted by molar-refractivity contribution is -0.335. The molecule has 17 nitrogen and oxygen atoms in total. The van der Waals surface area contributed by atoms with Crippen LogP contribution >= 0.6 is 0 Å². The van der Waals surface area contributed by atoms with Gasteiger partial charge in [0.05, 0.1) is 65.4 Å². The molecule has 0 aromatic rings. The van der Waals surface area contributed by atoms with E-state index in [-0.39, 0.29) is 89.3 Å². The highest BCUT2D eigenvalue weighted by Gasteiger charge is 2.37. The number of hydrogen-bond donors (Lipinski definition) is 5. The zero-order valence-corrected chi connectivity index (χ0v) is 26.9. The van der Waals surface area contributed by atoms with Gasteiger partial charge in [-0.15, -0.1) is 0 Å². The molecule has 3 aliphatic heterocycles. The van der Waals surface area contributed by atoms with Crippen LogP contribution in [-0.4, -0.2) is 157 Å². The molecule has 46 heavy (non-hydrogen) atoms. The first-order valence-corrected chi connectivity index (χ1v) is 16.0. The van der Waals surface area contributed by atoms with Crippen LogP contribution in [0.3, 0.4) is 0 Å². The number of nitrogens with zero attached hydrogens (tertiary/aromatic N) is 1. The molecule has 3 heterocycles. The van der Waals surface area contributed by atoms with E-state index in [9.17, 15) is 24.3 Å². The van der Waals surface area contributed by atoms with Crippen LogP contribution in [0, 0.1) is 0 Å². The maximum absolute atomic E-state index is 12.7. The third kappa shape index (κ3) is 15.0. The second-order valence-corrected chi connectivity index (χ2v) is 11.2. The van der Waals surface area contributed by atoms with Gasteiger partial charge in [-0.2, -0.15) is 0 Å². The van der Waals surface area contributed by atoms with Crippen molar-refractivity contribution in [3.8, 4) is 0 Å². The van der Waals surface area contributed by atoms with Crippen LogP contribution in [0.4, 0.5) is 0 Å². The van der Waals surface area contributed by atoms with E-state index in [2.05, 4.69) is 21.3 Å². The summed E-state index contributed by atoms with van der Waals surface area (Å²) in [6.45, 7) is 3.23. The fourth-order valence-electron chi connectivity index (χ4n) is 4.95. The van der Waals surface area contributed by atoms with Gasteiger partial charge >= 0.3 is 0 Å². The highest BCUT2D eigenvalue weighted by atomic mass is 16.8. The van der Waals surface area contributed by atoms with Crippen molar-refractivity contribution in [1.29, 1.82) is 0 Å². The zero-order valence-electron chi connectivity index (χ0n) is 26.9. The highest BCUT2D eigenvalue weighted by molar-refractivity contribution is 5.84. The van der Waals surface area contributed by atoms with Crippen LogP contribution in [0.5, 0.6) is 0 Å². The molecule has 0 aromatic carbocycles. The number of rotatable bonds is 11. The molecule has 2 bridgehead atoms. The van der Waals surface area contributed by atoms with E-state index in [0.29, 0.717) is 39.1 Å². The van der Waals surface area contributed by atoms with Crippen LogP contribution in [0.15, 0.2) is 0 Å².